The van der Waals surface area contributed by atoms with E-state index >= 15 is 0 Å². The molecular weight excluding hydrogens is 388 g/mol. The molecule has 5 heteroatoms. The Morgan fingerprint density at radius 2 is 1.58 bits per heavy atom. The number of carbonyl (C=O) groups excluding carboxylic acids is 2. The zero-order valence-corrected chi connectivity index (χ0v) is 18.6. The quantitative estimate of drug-likeness (QED) is 0.612. The van der Waals surface area contributed by atoms with E-state index in [9.17, 15) is 9.59 Å². The molecular formula is C26H30N2O3. The van der Waals surface area contributed by atoms with Gasteiger partial charge in [-0.15, -0.1) is 0 Å². The second kappa shape index (κ2) is 9.65. The average molecular weight is 419 g/mol. The lowest BCUT2D eigenvalue weighted by Crippen LogP contribution is -2.53. The molecule has 0 aliphatic carbocycles. The summed E-state index contributed by atoms with van der Waals surface area (Å²) in [6.45, 7) is 7.70. The van der Waals surface area contributed by atoms with Gasteiger partial charge in [0.15, 0.2) is 6.61 Å². The predicted octanol–water partition coefficient (Wildman–Crippen LogP) is 4.55. The fraction of sp³-hybridized carbons (Fsp3) is 0.308. The minimum atomic E-state index is -0.636. The number of rotatable bonds is 7. The van der Waals surface area contributed by atoms with Gasteiger partial charge >= 0.3 is 0 Å². The maximum Gasteiger partial charge on any atom is 0.261 e. The molecule has 0 aliphatic heterocycles. The van der Waals surface area contributed by atoms with Gasteiger partial charge in [0.25, 0.3) is 5.91 Å². The van der Waals surface area contributed by atoms with E-state index in [1.165, 1.54) is 0 Å². The van der Waals surface area contributed by atoms with E-state index in [0.29, 0.717) is 12.3 Å². The molecule has 3 rings (SSSR count). The van der Waals surface area contributed by atoms with Crippen LogP contribution in [-0.2, 0) is 16.1 Å². The third-order valence-corrected chi connectivity index (χ3v) is 4.96. The van der Waals surface area contributed by atoms with E-state index in [4.69, 9.17) is 4.74 Å². The minimum Gasteiger partial charge on any atom is -0.483 e. The van der Waals surface area contributed by atoms with E-state index in [1.54, 1.807) is 11.8 Å². The summed E-state index contributed by atoms with van der Waals surface area (Å²) < 4.78 is 5.91. The number of benzene rings is 3. The first-order valence-corrected chi connectivity index (χ1v) is 10.5. The van der Waals surface area contributed by atoms with E-state index < -0.39 is 6.04 Å². The lowest BCUT2D eigenvalue weighted by Gasteiger charge is -2.31. The highest BCUT2D eigenvalue weighted by molar-refractivity contribution is 5.90. The smallest absolute Gasteiger partial charge is 0.261 e. The molecule has 0 spiro atoms. The van der Waals surface area contributed by atoms with Crippen LogP contribution in [0.1, 0.15) is 33.3 Å². The Labute approximate surface area is 184 Å². The van der Waals surface area contributed by atoms with E-state index in [-0.39, 0.29) is 24.0 Å². The molecule has 0 bridgehead atoms. The van der Waals surface area contributed by atoms with Crippen molar-refractivity contribution in [1.82, 2.24) is 10.2 Å². The van der Waals surface area contributed by atoms with Gasteiger partial charge in [-0.05, 0) is 44.7 Å². The number of nitrogens with one attached hydrogen (secondary N) is 1. The lowest BCUT2D eigenvalue weighted by molar-refractivity contribution is -0.142. The Morgan fingerprint density at radius 3 is 2.29 bits per heavy atom. The summed E-state index contributed by atoms with van der Waals surface area (Å²) in [7, 11) is 0. The summed E-state index contributed by atoms with van der Waals surface area (Å²) in [6.07, 6.45) is 0. The third-order valence-electron chi connectivity index (χ3n) is 4.96. The summed E-state index contributed by atoms with van der Waals surface area (Å²) in [5.41, 5.74) is 0.572. The summed E-state index contributed by atoms with van der Waals surface area (Å²) in [6, 6.07) is 22.7. The van der Waals surface area contributed by atoms with Crippen molar-refractivity contribution in [3.63, 3.8) is 0 Å². The monoisotopic (exact) mass is 418 g/mol. The van der Waals surface area contributed by atoms with Crippen LogP contribution in [0, 0.1) is 0 Å². The molecule has 0 heterocycles. The van der Waals surface area contributed by atoms with Crippen molar-refractivity contribution >= 4 is 22.6 Å². The Morgan fingerprint density at radius 1 is 0.935 bits per heavy atom. The van der Waals surface area contributed by atoms with Crippen molar-refractivity contribution in [1.29, 1.82) is 0 Å². The van der Waals surface area contributed by atoms with Gasteiger partial charge in [-0.25, -0.2) is 0 Å². The SMILES string of the molecule is C[C@H](C(=O)NC(C)(C)C)N(Cc1ccccc1)C(=O)COc1cccc2ccccc12. The van der Waals surface area contributed by atoms with Gasteiger partial charge in [0.05, 0.1) is 0 Å². The van der Waals surface area contributed by atoms with Crippen LogP contribution in [0.3, 0.4) is 0 Å². The highest BCUT2D eigenvalue weighted by Crippen LogP contribution is 2.25. The van der Waals surface area contributed by atoms with Crippen LogP contribution < -0.4 is 10.1 Å². The lowest BCUT2D eigenvalue weighted by atomic mass is 10.1. The molecule has 0 aliphatic rings. The molecule has 0 saturated carbocycles. The molecule has 1 N–H and O–H groups in total. The number of amides is 2. The summed E-state index contributed by atoms with van der Waals surface area (Å²) >= 11 is 0. The van der Waals surface area contributed by atoms with Gasteiger partial charge in [0, 0.05) is 17.5 Å². The standard InChI is InChI=1S/C26H30N2O3/c1-19(25(30)27-26(2,3)4)28(17-20-11-6-5-7-12-20)24(29)18-31-23-16-10-14-21-13-8-9-15-22(21)23/h5-16,19H,17-18H2,1-4H3,(H,27,30)/t19-/m1/s1. The molecule has 2 amide bonds. The predicted molar refractivity (Wildman–Crippen MR) is 124 cm³/mol. The summed E-state index contributed by atoms with van der Waals surface area (Å²) in [4.78, 5) is 27.6. The molecule has 3 aromatic rings. The zero-order valence-electron chi connectivity index (χ0n) is 18.6. The fourth-order valence-corrected chi connectivity index (χ4v) is 3.38. The molecule has 0 fully saturated rings. The van der Waals surface area contributed by atoms with Crippen LogP contribution in [0.2, 0.25) is 0 Å². The molecule has 31 heavy (non-hydrogen) atoms. The second-order valence-electron chi connectivity index (χ2n) is 8.69. The first kappa shape index (κ1) is 22.3. The topological polar surface area (TPSA) is 58.6 Å². The Hall–Kier alpha value is -3.34. The maximum absolute atomic E-state index is 13.2. The van der Waals surface area contributed by atoms with Crippen LogP contribution in [0.15, 0.2) is 72.8 Å². The molecule has 0 saturated heterocycles. The number of nitrogens with zero attached hydrogens (tertiary/aromatic N) is 1. The summed E-state index contributed by atoms with van der Waals surface area (Å²) in [5, 5.41) is 4.96. The van der Waals surface area contributed by atoms with Gasteiger partial charge in [0.2, 0.25) is 5.91 Å². The molecule has 0 aromatic heterocycles. The normalized spacial score (nSPS) is 12.3. The van der Waals surface area contributed by atoms with Gasteiger partial charge in [-0.2, -0.15) is 0 Å². The average Bonchev–Trinajstić information content (AvgIpc) is 2.75. The Bertz CT molecular complexity index is 1040. The number of hydrogen-bond acceptors (Lipinski definition) is 3. The van der Waals surface area contributed by atoms with E-state index in [0.717, 1.165) is 16.3 Å². The van der Waals surface area contributed by atoms with Crippen molar-refractivity contribution in [2.45, 2.75) is 45.8 Å². The van der Waals surface area contributed by atoms with Gasteiger partial charge in [-0.3, -0.25) is 9.59 Å². The third kappa shape index (κ3) is 6.07. The van der Waals surface area contributed by atoms with Crippen LogP contribution >= 0.6 is 0 Å². The summed E-state index contributed by atoms with van der Waals surface area (Å²) in [5.74, 6) is 0.216. The van der Waals surface area contributed by atoms with Crippen molar-refractivity contribution in [2.24, 2.45) is 0 Å². The fourth-order valence-electron chi connectivity index (χ4n) is 3.38. The Kier molecular flexibility index (Phi) is 6.95. The first-order valence-electron chi connectivity index (χ1n) is 10.5. The first-order chi connectivity index (χ1) is 14.7. The van der Waals surface area contributed by atoms with Gasteiger partial charge in [-0.1, -0.05) is 66.7 Å². The molecule has 5 nitrogen and oxygen atoms in total. The van der Waals surface area contributed by atoms with E-state index in [1.807, 2.05) is 93.6 Å². The van der Waals surface area contributed by atoms with Crippen LogP contribution in [0.5, 0.6) is 5.75 Å². The minimum absolute atomic E-state index is 0.145. The van der Waals surface area contributed by atoms with E-state index in [2.05, 4.69) is 5.32 Å². The molecule has 162 valence electrons. The Balaban J connectivity index is 1.78. The van der Waals surface area contributed by atoms with Crippen molar-refractivity contribution in [2.75, 3.05) is 6.61 Å². The highest BCUT2D eigenvalue weighted by Gasteiger charge is 2.28. The number of carbonyl (C=O) groups is 2. The zero-order chi connectivity index (χ0) is 22.4. The van der Waals surface area contributed by atoms with Crippen LogP contribution in [0.4, 0.5) is 0 Å². The molecule has 0 unspecified atom stereocenters. The van der Waals surface area contributed by atoms with Crippen LogP contribution in [-0.4, -0.2) is 34.9 Å². The highest BCUT2D eigenvalue weighted by atomic mass is 16.5. The number of fused-ring (bicyclic) bond motifs is 1. The van der Waals surface area contributed by atoms with Crippen LogP contribution in [0.25, 0.3) is 10.8 Å². The van der Waals surface area contributed by atoms with Crippen molar-refractivity contribution in [3.05, 3.63) is 78.4 Å². The second-order valence-corrected chi connectivity index (χ2v) is 8.69. The molecule has 3 aromatic carbocycles. The number of hydrogen-bond donors (Lipinski definition) is 1. The van der Waals surface area contributed by atoms with Crippen molar-refractivity contribution < 1.29 is 14.3 Å². The number of ether oxygens (including phenoxy) is 1. The largest absolute Gasteiger partial charge is 0.483 e. The van der Waals surface area contributed by atoms with Crippen molar-refractivity contribution in [3.8, 4) is 5.75 Å². The van der Waals surface area contributed by atoms with Gasteiger partial charge < -0.3 is 15.0 Å². The molecule has 1 atom stereocenters. The van der Waals surface area contributed by atoms with Gasteiger partial charge in [0.1, 0.15) is 11.8 Å². The maximum atomic E-state index is 13.2. The molecule has 0 radical (unpaired) electrons.